The topological polar surface area (TPSA) is 90.0 Å². The Hall–Kier alpha value is -2.71. The van der Waals surface area contributed by atoms with E-state index in [2.05, 4.69) is 0 Å². The number of carbonyl (C=O) groups is 2. The maximum absolute atomic E-state index is 13.8. The van der Waals surface area contributed by atoms with E-state index < -0.39 is 49.6 Å². The summed E-state index contributed by atoms with van der Waals surface area (Å²) in [5, 5.41) is -1.04. The number of nitrogens with zero attached hydrogens (tertiary/aromatic N) is 1. The largest absolute Gasteiger partial charge is 0.451 e. The normalized spacial score (nSPS) is 31.7. The number of fused-ring (bicyclic) bond motifs is 2. The average Bonchev–Trinajstić information content (AvgIpc) is 3.60. The van der Waals surface area contributed by atoms with E-state index in [4.69, 9.17) is 9.47 Å². The summed E-state index contributed by atoms with van der Waals surface area (Å²) >= 11 is 0. The molecule has 0 radical (unpaired) electrons. The lowest BCUT2D eigenvalue weighted by Crippen LogP contribution is -2.66. The second-order valence-corrected chi connectivity index (χ2v) is 14.0. The Balaban J connectivity index is 1.28. The summed E-state index contributed by atoms with van der Waals surface area (Å²) in [4.78, 5) is 28.6. The van der Waals surface area contributed by atoms with Crippen molar-refractivity contribution in [1.82, 2.24) is 4.90 Å². The molecule has 2 aromatic carbocycles. The van der Waals surface area contributed by atoms with Crippen molar-refractivity contribution in [1.29, 1.82) is 0 Å². The molecule has 7 nitrogen and oxygen atoms in total. The van der Waals surface area contributed by atoms with Gasteiger partial charge < -0.3 is 14.4 Å². The molecular weight excluding hydrogens is 490 g/mol. The Morgan fingerprint density at radius 2 is 1.51 bits per heavy atom. The fraction of sp³-hybridized carbons (Fsp3) is 0.517. The Bertz CT molecular complexity index is 1260. The molecule has 1 amide bonds. The molecule has 2 saturated carbocycles. The number of carbonyl (C=O) groups excluding carboxylic acids is 2. The Morgan fingerprint density at radius 1 is 0.946 bits per heavy atom. The molecule has 2 unspecified atom stereocenters. The summed E-state index contributed by atoms with van der Waals surface area (Å²) in [6.45, 7) is 3.07. The monoisotopic (exact) mass is 523 g/mol. The van der Waals surface area contributed by atoms with Crippen LogP contribution in [0.1, 0.15) is 69.6 Å². The highest BCUT2D eigenvalue weighted by Gasteiger charge is 2.86. The smallest absolute Gasteiger partial charge is 0.331 e. The van der Waals surface area contributed by atoms with Crippen molar-refractivity contribution in [2.45, 2.75) is 86.8 Å². The van der Waals surface area contributed by atoms with Gasteiger partial charge in [-0.1, -0.05) is 79.9 Å². The third-order valence-corrected chi connectivity index (χ3v) is 11.7. The molecule has 2 aliphatic carbocycles. The Kier molecular flexibility index (Phi) is 5.77. The third-order valence-electron chi connectivity index (χ3n) is 8.80. The molecule has 4 aliphatic rings. The van der Waals surface area contributed by atoms with Crippen molar-refractivity contribution in [2.75, 3.05) is 0 Å². The highest BCUT2D eigenvalue weighted by Crippen LogP contribution is 2.67. The highest BCUT2D eigenvalue weighted by molar-refractivity contribution is 7.94. The third kappa shape index (κ3) is 3.59. The van der Waals surface area contributed by atoms with Crippen LogP contribution in [0.2, 0.25) is 0 Å². The predicted molar refractivity (Wildman–Crippen MR) is 137 cm³/mol. The highest BCUT2D eigenvalue weighted by atomic mass is 32.2. The van der Waals surface area contributed by atoms with Crippen molar-refractivity contribution in [3.8, 4) is 0 Å². The minimum Gasteiger partial charge on any atom is -0.451 e. The molecule has 0 bridgehead atoms. The fourth-order valence-corrected chi connectivity index (χ4v) is 9.11. The second-order valence-electron chi connectivity index (χ2n) is 11.4. The summed E-state index contributed by atoms with van der Waals surface area (Å²) in [6.07, 6.45) is 4.63. The first-order valence-electron chi connectivity index (χ1n) is 13.2. The molecule has 2 aromatic rings. The Labute approximate surface area is 218 Å². The van der Waals surface area contributed by atoms with Gasteiger partial charge in [0.1, 0.15) is 11.5 Å². The predicted octanol–water partition coefficient (Wildman–Crippen LogP) is 4.17. The molecule has 37 heavy (non-hydrogen) atoms. The summed E-state index contributed by atoms with van der Waals surface area (Å²) in [6, 6.07) is 17.5. The summed E-state index contributed by atoms with van der Waals surface area (Å²) in [5.74, 6) is -1.01. The molecule has 4 atom stereocenters. The number of amides is 1. The van der Waals surface area contributed by atoms with Crippen LogP contribution in [0.3, 0.4) is 0 Å². The van der Waals surface area contributed by atoms with Crippen LogP contribution in [-0.4, -0.2) is 53.6 Å². The van der Waals surface area contributed by atoms with Crippen molar-refractivity contribution in [3.63, 3.8) is 0 Å². The van der Waals surface area contributed by atoms with E-state index in [0.717, 1.165) is 36.8 Å². The minimum atomic E-state index is -3.85. The van der Waals surface area contributed by atoms with E-state index in [1.165, 1.54) is 25.2 Å². The first kappa shape index (κ1) is 24.6. The van der Waals surface area contributed by atoms with Crippen molar-refractivity contribution in [2.24, 2.45) is 5.41 Å². The van der Waals surface area contributed by atoms with Crippen LogP contribution in [0.4, 0.5) is 0 Å². The van der Waals surface area contributed by atoms with E-state index in [-0.39, 0.29) is 12.0 Å². The molecule has 2 heterocycles. The number of rotatable bonds is 6. The first-order chi connectivity index (χ1) is 17.7. The maximum Gasteiger partial charge on any atom is 0.331 e. The lowest BCUT2D eigenvalue weighted by atomic mass is 9.88. The van der Waals surface area contributed by atoms with Gasteiger partial charge in [-0.3, -0.25) is 4.79 Å². The molecule has 4 fully saturated rings. The number of hydrogen-bond donors (Lipinski definition) is 0. The number of hydrogen-bond acceptors (Lipinski definition) is 6. The summed E-state index contributed by atoms with van der Waals surface area (Å²) in [5.41, 5.74) is 0.486. The number of benzene rings is 2. The summed E-state index contributed by atoms with van der Waals surface area (Å²) in [7, 11) is -3.85. The van der Waals surface area contributed by atoms with E-state index >= 15 is 0 Å². The molecule has 0 N–H and O–H groups in total. The lowest BCUT2D eigenvalue weighted by Gasteiger charge is -2.44. The van der Waals surface area contributed by atoms with Gasteiger partial charge in [0.15, 0.2) is 21.3 Å². The maximum atomic E-state index is 13.8. The first-order valence-corrected chi connectivity index (χ1v) is 14.8. The van der Waals surface area contributed by atoms with Crippen LogP contribution in [0.25, 0.3) is 0 Å². The second kappa shape index (κ2) is 8.67. The van der Waals surface area contributed by atoms with E-state index in [0.29, 0.717) is 6.42 Å². The van der Waals surface area contributed by atoms with Crippen LogP contribution in [0.5, 0.6) is 0 Å². The van der Waals surface area contributed by atoms with Crippen LogP contribution < -0.4 is 0 Å². The van der Waals surface area contributed by atoms with Gasteiger partial charge >= 0.3 is 5.97 Å². The zero-order chi connectivity index (χ0) is 26.0. The van der Waals surface area contributed by atoms with Gasteiger partial charge in [-0.2, -0.15) is 0 Å². The molecule has 0 aromatic heterocycles. The Morgan fingerprint density at radius 3 is 2.08 bits per heavy atom. The number of ether oxygens (including phenoxy) is 2. The van der Waals surface area contributed by atoms with Gasteiger partial charge in [-0.05, 0) is 44.2 Å². The molecule has 6 rings (SSSR count). The number of sulfone groups is 1. The zero-order valence-electron chi connectivity index (χ0n) is 21.2. The number of β-lactam (4-membered cyclic amide) rings is 1. The SMILES string of the molecule is CC1(C)[C@H](C(=O)OC(c2ccccc2)c2ccccc2)N2C(=O)C3(CC3OC3CCCCC3)[C@H]2S1(=O)=O. The molecule has 1 spiro atoms. The van der Waals surface area contributed by atoms with Crippen LogP contribution in [0, 0.1) is 5.41 Å². The van der Waals surface area contributed by atoms with Gasteiger partial charge in [0.2, 0.25) is 5.91 Å². The van der Waals surface area contributed by atoms with Gasteiger partial charge in [0.25, 0.3) is 0 Å². The molecule has 2 aliphatic heterocycles. The minimum absolute atomic E-state index is 0.0790. The number of esters is 1. The van der Waals surface area contributed by atoms with E-state index in [1.807, 2.05) is 60.7 Å². The van der Waals surface area contributed by atoms with Gasteiger partial charge in [-0.25, -0.2) is 13.2 Å². The average molecular weight is 524 g/mol. The molecule has 8 heteroatoms. The van der Waals surface area contributed by atoms with Crippen molar-refractivity contribution < 1.29 is 27.5 Å². The zero-order valence-corrected chi connectivity index (χ0v) is 22.0. The van der Waals surface area contributed by atoms with Crippen molar-refractivity contribution >= 4 is 21.7 Å². The molecule has 2 saturated heterocycles. The summed E-state index contributed by atoms with van der Waals surface area (Å²) < 4.78 is 38.4. The van der Waals surface area contributed by atoms with Crippen LogP contribution in [0.15, 0.2) is 60.7 Å². The fourth-order valence-electron chi connectivity index (χ4n) is 6.59. The molecular formula is C29H33NO6S. The quantitative estimate of drug-likeness (QED) is 0.417. The van der Waals surface area contributed by atoms with Gasteiger partial charge in [0, 0.05) is 0 Å². The van der Waals surface area contributed by atoms with E-state index in [9.17, 15) is 18.0 Å². The van der Waals surface area contributed by atoms with Gasteiger partial charge in [-0.15, -0.1) is 0 Å². The van der Waals surface area contributed by atoms with Crippen LogP contribution >= 0.6 is 0 Å². The van der Waals surface area contributed by atoms with E-state index in [1.54, 1.807) is 0 Å². The van der Waals surface area contributed by atoms with Gasteiger partial charge in [0.05, 0.1) is 17.0 Å². The lowest BCUT2D eigenvalue weighted by molar-refractivity contribution is -0.173. The van der Waals surface area contributed by atoms with Crippen LogP contribution in [-0.2, 0) is 28.9 Å². The molecule has 196 valence electrons. The standard InChI is InChI=1S/C29H33NO6S/c1-28(2)24(25(31)36-23(19-12-6-3-7-13-19)20-14-8-4-9-15-20)30-26(32)29(27(30)37(28,33)34)18-22(29)35-21-16-10-5-11-17-21/h3-4,6-9,12-15,21-24,27H,5,10-11,16-18H2,1-2H3/t22?,24-,27+,29?/m0/s1. The van der Waals surface area contributed by atoms with Crippen molar-refractivity contribution in [3.05, 3.63) is 71.8 Å².